The average molecular weight is 545 g/mol. The number of hydrogen-bond acceptors (Lipinski definition) is 8. The van der Waals surface area contributed by atoms with E-state index in [0.29, 0.717) is 24.2 Å². The van der Waals surface area contributed by atoms with Gasteiger partial charge in [0, 0.05) is 31.0 Å². The molecule has 0 spiro atoms. The molecule has 3 aromatic heterocycles. The molecule has 1 fully saturated rings. The molecule has 0 saturated carbocycles. The Morgan fingerprint density at radius 3 is 2.76 bits per heavy atom. The Kier molecular flexibility index (Phi) is 7.60. The number of likely N-dealkylation sites (tertiary alicyclic amines) is 1. The highest BCUT2D eigenvalue weighted by molar-refractivity contribution is 8.00. The molecule has 9 nitrogen and oxygen atoms in total. The number of halogens is 4. The zero-order valence-electron chi connectivity index (χ0n) is 20.7. The minimum Gasteiger partial charge on any atom is -0.444 e. The number of nitrogens with one attached hydrogen (secondary N) is 2. The topological polar surface area (TPSA) is 96.9 Å². The Bertz CT molecular complexity index is 1260. The Hall–Kier alpha value is -3.00. The number of piperidine rings is 1. The second-order valence-electron chi connectivity index (χ2n) is 9.77. The van der Waals surface area contributed by atoms with Gasteiger partial charge in [-0.25, -0.2) is 9.18 Å². The van der Waals surface area contributed by atoms with Gasteiger partial charge in [0.25, 0.3) is 0 Å². The lowest BCUT2D eigenvalue weighted by molar-refractivity contribution is -0.0329. The maximum absolute atomic E-state index is 14.6. The summed E-state index contributed by atoms with van der Waals surface area (Å²) in [6, 6.07) is 4.32. The van der Waals surface area contributed by atoms with Crippen LogP contribution >= 0.6 is 11.8 Å². The van der Waals surface area contributed by atoms with Gasteiger partial charge in [0.05, 0.1) is 27.8 Å². The summed E-state index contributed by atoms with van der Waals surface area (Å²) in [7, 11) is 1.84. The monoisotopic (exact) mass is 544 g/mol. The van der Waals surface area contributed by atoms with Crippen molar-refractivity contribution in [2.75, 3.05) is 25.5 Å². The zero-order valence-corrected chi connectivity index (χ0v) is 21.5. The summed E-state index contributed by atoms with van der Waals surface area (Å²) in [5.74, 6) is -0.0888. The number of anilines is 1. The van der Waals surface area contributed by atoms with Gasteiger partial charge in [0.2, 0.25) is 11.7 Å². The van der Waals surface area contributed by atoms with Crippen molar-refractivity contribution in [1.29, 1.82) is 0 Å². The molecule has 3 aromatic rings. The predicted octanol–water partition coefficient (Wildman–Crippen LogP) is 5.08. The smallest absolute Gasteiger partial charge is 0.444 e. The number of aromatic nitrogens is 3. The summed E-state index contributed by atoms with van der Waals surface area (Å²) in [6.07, 6.45) is 0.209. The third kappa shape index (κ3) is 6.86. The molecular weight excluding hydrogens is 516 g/mol. The van der Waals surface area contributed by atoms with Crippen molar-refractivity contribution >= 4 is 29.1 Å². The van der Waals surface area contributed by atoms with E-state index < -0.39 is 29.4 Å². The molecule has 37 heavy (non-hydrogen) atoms. The van der Waals surface area contributed by atoms with E-state index in [2.05, 4.69) is 20.8 Å². The number of rotatable bonds is 6. The number of alkyl halides is 4. The molecule has 0 aliphatic carbocycles. The SMILES string of the molecule is CN1CCC(Nc2cccn3c(SC(F)(F)F)c(-c4noc(CNC(=O)OC(C)(C)C)n4)cc23)[C@@H](F)C1. The summed E-state index contributed by atoms with van der Waals surface area (Å²) in [6.45, 7) is 5.92. The lowest BCUT2D eigenvalue weighted by Crippen LogP contribution is -2.46. The second-order valence-corrected chi connectivity index (χ2v) is 10.8. The van der Waals surface area contributed by atoms with Crippen LogP contribution in [-0.4, -0.2) is 69.0 Å². The predicted molar refractivity (Wildman–Crippen MR) is 130 cm³/mol. The van der Waals surface area contributed by atoms with Crippen LogP contribution in [0.15, 0.2) is 33.9 Å². The number of thioether (sulfide) groups is 1. The molecule has 14 heteroatoms. The Morgan fingerprint density at radius 2 is 2.08 bits per heavy atom. The molecule has 1 amide bonds. The van der Waals surface area contributed by atoms with E-state index in [9.17, 15) is 22.4 Å². The van der Waals surface area contributed by atoms with Gasteiger partial charge in [-0.15, -0.1) is 0 Å². The first-order valence-electron chi connectivity index (χ1n) is 11.6. The Balaban J connectivity index is 1.63. The first kappa shape index (κ1) is 27.0. The van der Waals surface area contributed by atoms with E-state index in [0.717, 1.165) is 0 Å². The van der Waals surface area contributed by atoms with Crippen molar-refractivity contribution in [2.45, 2.75) is 62.1 Å². The fourth-order valence-electron chi connectivity index (χ4n) is 3.99. The van der Waals surface area contributed by atoms with Crippen LogP contribution in [0.25, 0.3) is 16.9 Å². The molecule has 2 N–H and O–H groups in total. The van der Waals surface area contributed by atoms with Crippen LogP contribution in [0.4, 0.5) is 28.0 Å². The van der Waals surface area contributed by atoms with E-state index >= 15 is 0 Å². The first-order valence-corrected chi connectivity index (χ1v) is 12.4. The largest absolute Gasteiger partial charge is 0.447 e. The fourth-order valence-corrected chi connectivity index (χ4v) is 4.72. The van der Waals surface area contributed by atoms with Crippen LogP contribution in [0.5, 0.6) is 0 Å². The number of ether oxygens (including phenoxy) is 1. The zero-order chi connectivity index (χ0) is 27.0. The van der Waals surface area contributed by atoms with E-state index in [1.807, 2.05) is 11.9 Å². The standard InChI is InChI=1S/C23H28F4N6O3S/c1-22(2,3)35-21(34)28-11-18-30-19(31-36-18)13-10-17-16(29-15-7-9-32(4)12-14(15)24)6-5-8-33(17)20(13)37-23(25,26)27/h5-6,8,10,14-15,29H,7,9,11-12H2,1-4H3,(H,28,34)/t14-,15?/m0/s1. The molecule has 4 heterocycles. The van der Waals surface area contributed by atoms with Crippen LogP contribution in [-0.2, 0) is 11.3 Å². The molecular formula is C23H28F4N6O3S. The Labute approximate surface area is 214 Å². The van der Waals surface area contributed by atoms with Gasteiger partial charge >= 0.3 is 11.6 Å². The van der Waals surface area contributed by atoms with Crippen LogP contribution < -0.4 is 10.6 Å². The van der Waals surface area contributed by atoms with Crippen molar-refractivity contribution in [3.63, 3.8) is 0 Å². The molecule has 0 aromatic carbocycles. The number of carbonyl (C=O) groups is 1. The number of carbonyl (C=O) groups excluding carboxylic acids is 1. The second kappa shape index (κ2) is 10.4. The first-order chi connectivity index (χ1) is 17.3. The number of hydrogen-bond donors (Lipinski definition) is 2. The summed E-state index contributed by atoms with van der Waals surface area (Å²) >= 11 is -0.309. The molecule has 2 atom stereocenters. The molecule has 0 bridgehead atoms. The molecule has 1 aliphatic heterocycles. The van der Waals surface area contributed by atoms with Gasteiger partial charge in [-0.2, -0.15) is 18.2 Å². The van der Waals surface area contributed by atoms with Crippen molar-refractivity contribution in [3.8, 4) is 11.4 Å². The number of pyridine rings is 1. The lowest BCUT2D eigenvalue weighted by atomic mass is 10.0. The van der Waals surface area contributed by atoms with Crippen LogP contribution in [0.3, 0.4) is 0 Å². The van der Waals surface area contributed by atoms with Crippen LogP contribution in [0, 0.1) is 0 Å². The summed E-state index contributed by atoms with van der Waals surface area (Å²) < 4.78 is 66.8. The fraction of sp³-hybridized carbons (Fsp3) is 0.522. The average Bonchev–Trinajstić information content (AvgIpc) is 3.37. The summed E-state index contributed by atoms with van der Waals surface area (Å²) in [5.41, 5.74) is -4.31. The normalized spacial score (nSPS) is 19.2. The molecule has 0 radical (unpaired) electrons. The van der Waals surface area contributed by atoms with E-state index in [1.54, 1.807) is 32.9 Å². The van der Waals surface area contributed by atoms with Crippen molar-refractivity contribution in [1.82, 2.24) is 24.8 Å². The number of amides is 1. The van der Waals surface area contributed by atoms with Crippen molar-refractivity contribution < 1.29 is 31.6 Å². The lowest BCUT2D eigenvalue weighted by Gasteiger charge is -2.33. The van der Waals surface area contributed by atoms with Crippen molar-refractivity contribution in [3.05, 3.63) is 30.3 Å². The van der Waals surface area contributed by atoms with Gasteiger partial charge in [-0.1, -0.05) is 5.16 Å². The highest BCUT2D eigenvalue weighted by atomic mass is 32.2. The maximum atomic E-state index is 14.6. The van der Waals surface area contributed by atoms with E-state index in [-0.39, 0.29) is 47.2 Å². The van der Waals surface area contributed by atoms with Crippen LogP contribution in [0.2, 0.25) is 0 Å². The van der Waals surface area contributed by atoms with Crippen molar-refractivity contribution in [2.24, 2.45) is 0 Å². The van der Waals surface area contributed by atoms with Gasteiger partial charge in [-0.05, 0) is 52.4 Å². The van der Waals surface area contributed by atoms with E-state index in [1.165, 1.54) is 16.7 Å². The molecule has 1 saturated heterocycles. The molecule has 1 unspecified atom stereocenters. The third-order valence-electron chi connectivity index (χ3n) is 5.55. The van der Waals surface area contributed by atoms with Gasteiger partial charge in [0.15, 0.2) is 0 Å². The third-order valence-corrected chi connectivity index (χ3v) is 6.39. The minimum atomic E-state index is -4.59. The Morgan fingerprint density at radius 1 is 1.32 bits per heavy atom. The molecule has 1 aliphatic rings. The van der Waals surface area contributed by atoms with Crippen LogP contribution in [0.1, 0.15) is 33.1 Å². The summed E-state index contributed by atoms with van der Waals surface area (Å²) in [4.78, 5) is 18.0. The van der Waals surface area contributed by atoms with E-state index in [4.69, 9.17) is 9.26 Å². The molecule has 202 valence electrons. The van der Waals surface area contributed by atoms with Gasteiger partial charge < -0.3 is 29.2 Å². The number of fused-ring (bicyclic) bond motifs is 1. The van der Waals surface area contributed by atoms with Gasteiger partial charge in [-0.3, -0.25) is 0 Å². The number of alkyl carbamates (subject to hydrolysis) is 1. The minimum absolute atomic E-state index is 0.0102. The van der Waals surface area contributed by atoms with Gasteiger partial charge in [0.1, 0.15) is 18.3 Å². The summed E-state index contributed by atoms with van der Waals surface area (Å²) in [5, 5.41) is 9.30. The number of nitrogens with zero attached hydrogens (tertiary/aromatic N) is 4. The molecule has 4 rings (SSSR count). The highest BCUT2D eigenvalue weighted by Gasteiger charge is 2.34. The maximum Gasteiger partial charge on any atom is 0.447 e. The highest BCUT2D eigenvalue weighted by Crippen LogP contribution is 2.43. The quantitative estimate of drug-likeness (QED) is 0.328.